The minimum atomic E-state index is -0.591. The number of aryl methyl sites for hydroxylation is 2. The van der Waals surface area contributed by atoms with Gasteiger partial charge in [0, 0.05) is 0 Å². The molecule has 2 aromatic carbocycles. The lowest BCUT2D eigenvalue weighted by Gasteiger charge is -2.10. The van der Waals surface area contributed by atoms with E-state index in [-0.39, 0.29) is 0 Å². The van der Waals surface area contributed by atoms with Gasteiger partial charge in [0.15, 0.2) is 0 Å². The van der Waals surface area contributed by atoms with E-state index in [4.69, 9.17) is 9.47 Å². The maximum absolute atomic E-state index is 11.9. The zero-order valence-electron chi connectivity index (χ0n) is 17.2. The number of unbranched alkanes of at least 4 members (excludes halogenated alkanes) is 6. The molecule has 0 fully saturated rings. The first-order valence-corrected chi connectivity index (χ1v) is 10.8. The third-order valence-corrected chi connectivity index (χ3v) is 4.89. The van der Waals surface area contributed by atoms with E-state index in [9.17, 15) is 4.79 Å². The van der Waals surface area contributed by atoms with Gasteiger partial charge in [-0.1, -0.05) is 87.6 Å². The Kier molecular flexibility index (Phi) is 10.9. The average molecular weight is 383 g/mol. The molecule has 152 valence electrons. The van der Waals surface area contributed by atoms with Crippen molar-refractivity contribution >= 4 is 6.16 Å². The summed E-state index contributed by atoms with van der Waals surface area (Å²) in [6.07, 6.45) is 10.5. The van der Waals surface area contributed by atoms with Gasteiger partial charge in [0.25, 0.3) is 0 Å². The average Bonchev–Trinajstić information content (AvgIpc) is 2.72. The first-order chi connectivity index (χ1) is 13.8. The SMILES string of the molecule is CCCCCc1ccccc1OC(=O)OCCCCCCCc1ccccc1. The summed E-state index contributed by atoms with van der Waals surface area (Å²) >= 11 is 0. The maximum Gasteiger partial charge on any atom is 0.513 e. The molecule has 0 saturated carbocycles. The van der Waals surface area contributed by atoms with E-state index < -0.39 is 6.16 Å². The third kappa shape index (κ3) is 9.07. The van der Waals surface area contributed by atoms with E-state index in [2.05, 4.69) is 37.3 Å². The van der Waals surface area contributed by atoms with Crippen LogP contribution in [0.1, 0.15) is 69.4 Å². The number of hydrogen-bond acceptors (Lipinski definition) is 3. The zero-order chi connectivity index (χ0) is 19.9. The van der Waals surface area contributed by atoms with Crippen molar-refractivity contribution in [3.63, 3.8) is 0 Å². The Hall–Kier alpha value is -2.29. The van der Waals surface area contributed by atoms with E-state index in [0.29, 0.717) is 12.4 Å². The first kappa shape index (κ1) is 22.0. The smallest absolute Gasteiger partial charge is 0.434 e. The fourth-order valence-electron chi connectivity index (χ4n) is 3.26. The van der Waals surface area contributed by atoms with Gasteiger partial charge in [-0.3, -0.25) is 0 Å². The van der Waals surface area contributed by atoms with Crippen LogP contribution >= 0.6 is 0 Å². The number of benzene rings is 2. The normalized spacial score (nSPS) is 10.6. The molecule has 2 aromatic rings. The summed E-state index contributed by atoms with van der Waals surface area (Å²) in [6, 6.07) is 18.3. The van der Waals surface area contributed by atoms with Gasteiger partial charge in [-0.15, -0.1) is 0 Å². The highest BCUT2D eigenvalue weighted by molar-refractivity contribution is 5.64. The Morgan fingerprint density at radius 2 is 1.43 bits per heavy atom. The Labute approximate surface area is 170 Å². The Balaban J connectivity index is 1.54. The maximum atomic E-state index is 11.9. The second-order valence-electron chi connectivity index (χ2n) is 7.27. The summed E-state index contributed by atoms with van der Waals surface area (Å²) in [6.45, 7) is 2.61. The van der Waals surface area contributed by atoms with Gasteiger partial charge in [0.2, 0.25) is 0 Å². The molecule has 3 heteroatoms. The fraction of sp³-hybridized carbons (Fsp3) is 0.480. The molecule has 0 bridgehead atoms. The van der Waals surface area contributed by atoms with Crippen LogP contribution < -0.4 is 4.74 Å². The van der Waals surface area contributed by atoms with Gasteiger partial charge in [-0.05, 0) is 49.3 Å². The van der Waals surface area contributed by atoms with Crippen LogP contribution in [0.25, 0.3) is 0 Å². The van der Waals surface area contributed by atoms with Crippen molar-refractivity contribution in [2.45, 2.75) is 71.1 Å². The molecule has 3 nitrogen and oxygen atoms in total. The highest BCUT2D eigenvalue weighted by Gasteiger charge is 2.09. The lowest BCUT2D eigenvalue weighted by molar-refractivity contribution is 0.0969. The Morgan fingerprint density at radius 1 is 0.750 bits per heavy atom. The van der Waals surface area contributed by atoms with Crippen LogP contribution in [0, 0.1) is 0 Å². The van der Waals surface area contributed by atoms with Crippen LogP contribution in [0.4, 0.5) is 4.79 Å². The summed E-state index contributed by atoms with van der Waals surface area (Å²) in [4.78, 5) is 11.9. The molecule has 0 atom stereocenters. The summed E-state index contributed by atoms with van der Waals surface area (Å²) in [5, 5.41) is 0. The molecule has 0 unspecified atom stereocenters. The molecule has 0 aliphatic heterocycles. The highest BCUT2D eigenvalue weighted by atomic mass is 16.7. The first-order valence-electron chi connectivity index (χ1n) is 10.8. The number of hydrogen-bond donors (Lipinski definition) is 0. The molecule has 0 aliphatic rings. The van der Waals surface area contributed by atoms with Crippen molar-refractivity contribution < 1.29 is 14.3 Å². The second kappa shape index (κ2) is 13.8. The molecule has 0 N–H and O–H groups in total. The molecule has 0 amide bonds. The molecule has 28 heavy (non-hydrogen) atoms. The van der Waals surface area contributed by atoms with E-state index in [1.165, 1.54) is 37.7 Å². The molecule has 0 aliphatic carbocycles. The van der Waals surface area contributed by atoms with Crippen molar-refractivity contribution in [3.05, 3.63) is 65.7 Å². The molecule has 0 aromatic heterocycles. The van der Waals surface area contributed by atoms with Crippen LogP contribution in [0.15, 0.2) is 54.6 Å². The summed E-state index contributed by atoms with van der Waals surface area (Å²) in [5.74, 6) is 0.629. The van der Waals surface area contributed by atoms with Gasteiger partial charge in [0.1, 0.15) is 5.75 Å². The van der Waals surface area contributed by atoms with Gasteiger partial charge >= 0.3 is 6.16 Å². The quantitative estimate of drug-likeness (QED) is 0.210. The minimum absolute atomic E-state index is 0.426. The minimum Gasteiger partial charge on any atom is -0.434 e. The predicted octanol–water partition coefficient (Wildman–Crippen LogP) is 7.13. The van der Waals surface area contributed by atoms with Crippen LogP contribution in [-0.2, 0) is 17.6 Å². The van der Waals surface area contributed by atoms with Crippen LogP contribution in [0.5, 0.6) is 5.75 Å². The van der Waals surface area contributed by atoms with E-state index >= 15 is 0 Å². The van der Waals surface area contributed by atoms with Crippen molar-refractivity contribution in [2.24, 2.45) is 0 Å². The summed E-state index contributed by atoms with van der Waals surface area (Å²) in [5.41, 5.74) is 2.48. The monoisotopic (exact) mass is 382 g/mol. The van der Waals surface area contributed by atoms with Crippen LogP contribution in [0.3, 0.4) is 0 Å². The number of ether oxygens (including phenoxy) is 2. The molecule has 2 rings (SSSR count). The zero-order valence-corrected chi connectivity index (χ0v) is 17.2. The molecular weight excluding hydrogens is 348 g/mol. The van der Waals surface area contributed by atoms with E-state index in [1.54, 1.807) is 0 Å². The molecule has 0 spiro atoms. The van der Waals surface area contributed by atoms with Gasteiger partial charge in [-0.25, -0.2) is 4.79 Å². The topological polar surface area (TPSA) is 35.5 Å². The second-order valence-corrected chi connectivity index (χ2v) is 7.27. The van der Waals surface area contributed by atoms with Crippen LogP contribution in [0.2, 0.25) is 0 Å². The van der Waals surface area contributed by atoms with Gasteiger partial charge in [0.05, 0.1) is 6.61 Å². The Morgan fingerprint density at radius 3 is 2.25 bits per heavy atom. The highest BCUT2D eigenvalue weighted by Crippen LogP contribution is 2.21. The third-order valence-electron chi connectivity index (χ3n) is 4.89. The molecule has 0 radical (unpaired) electrons. The van der Waals surface area contributed by atoms with Crippen molar-refractivity contribution in [3.8, 4) is 5.75 Å². The molecular formula is C25H34O3. The fourth-order valence-corrected chi connectivity index (χ4v) is 3.26. The lowest BCUT2D eigenvalue weighted by Crippen LogP contribution is -2.12. The largest absolute Gasteiger partial charge is 0.513 e. The standard InChI is InChI=1S/C25H34O3/c1-2-3-8-18-23-19-12-13-20-24(23)28-25(26)27-21-14-6-4-5-9-15-22-16-10-7-11-17-22/h7,10-13,16-17,19-20H,2-6,8-9,14-15,18,21H2,1H3. The predicted molar refractivity (Wildman–Crippen MR) is 115 cm³/mol. The van der Waals surface area contributed by atoms with E-state index in [1.807, 2.05) is 24.3 Å². The van der Waals surface area contributed by atoms with Gasteiger partial charge in [-0.2, -0.15) is 0 Å². The summed E-state index contributed by atoms with van der Waals surface area (Å²) < 4.78 is 10.7. The summed E-state index contributed by atoms with van der Waals surface area (Å²) in [7, 11) is 0. The number of para-hydroxylation sites is 1. The number of rotatable bonds is 13. The van der Waals surface area contributed by atoms with Crippen molar-refractivity contribution in [1.29, 1.82) is 0 Å². The van der Waals surface area contributed by atoms with Crippen LogP contribution in [-0.4, -0.2) is 12.8 Å². The van der Waals surface area contributed by atoms with Crippen molar-refractivity contribution in [1.82, 2.24) is 0 Å². The van der Waals surface area contributed by atoms with Crippen molar-refractivity contribution in [2.75, 3.05) is 6.61 Å². The number of carbonyl (C=O) groups is 1. The van der Waals surface area contributed by atoms with Gasteiger partial charge < -0.3 is 9.47 Å². The number of carbonyl (C=O) groups excluding carboxylic acids is 1. The van der Waals surface area contributed by atoms with E-state index in [0.717, 1.165) is 37.7 Å². The lowest BCUT2D eigenvalue weighted by atomic mass is 10.1. The molecule has 0 heterocycles. The molecule has 0 saturated heterocycles. The Bertz CT molecular complexity index is 667.